The van der Waals surface area contributed by atoms with Gasteiger partial charge in [0.05, 0.1) is 30.8 Å². The Labute approximate surface area is 219 Å². The molecule has 4 aromatic rings. The van der Waals surface area contributed by atoms with E-state index in [2.05, 4.69) is 15.0 Å². The van der Waals surface area contributed by atoms with Gasteiger partial charge in [-0.2, -0.15) is 0 Å². The molecular formula is C26H24FN5O3S2. The molecule has 0 radical (unpaired) electrons. The average molecular weight is 538 g/mol. The molecule has 37 heavy (non-hydrogen) atoms. The predicted molar refractivity (Wildman–Crippen MR) is 145 cm³/mol. The average Bonchev–Trinajstić information content (AvgIpc) is 3.48. The number of nitrogens with zero attached hydrogens (tertiary/aromatic N) is 3. The molecule has 8 nitrogen and oxygen atoms in total. The highest BCUT2D eigenvalue weighted by molar-refractivity contribution is 7.92. The molecular weight excluding hydrogens is 513 g/mol. The lowest BCUT2D eigenvalue weighted by Crippen LogP contribution is -2.30. The van der Waals surface area contributed by atoms with Crippen molar-refractivity contribution in [3.8, 4) is 11.4 Å². The third-order valence-corrected chi connectivity index (χ3v) is 6.95. The largest absolute Gasteiger partial charge is 0.495 e. The van der Waals surface area contributed by atoms with Crippen molar-refractivity contribution in [3.05, 3.63) is 102 Å². The van der Waals surface area contributed by atoms with Crippen molar-refractivity contribution in [1.82, 2.24) is 14.9 Å². The van der Waals surface area contributed by atoms with Crippen molar-refractivity contribution in [1.29, 1.82) is 0 Å². The third-order valence-electron chi connectivity index (χ3n) is 6.04. The fourth-order valence-electron chi connectivity index (χ4n) is 4.53. The fraction of sp³-hybridized carbons (Fsp3) is 0.154. The molecule has 3 heterocycles. The molecule has 190 valence electrons. The van der Waals surface area contributed by atoms with Gasteiger partial charge in [0.15, 0.2) is 5.11 Å². The second kappa shape index (κ2) is 9.83. The standard InChI is InChI=1S/C26H24FN5O3S2/c1-35-23-13-12-19(16-21(23)30-37(2,33)34)32-25(24(29-26(32)36)20-6-3-4-14-28-20)22-7-5-15-31(22)18-10-8-17(27)9-11-18/h3-16,24-25,30H,1-2H3,(H,29,36)/t24-,25+/m1/s1. The van der Waals surface area contributed by atoms with E-state index in [-0.39, 0.29) is 17.9 Å². The van der Waals surface area contributed by atoms with Crippen LogP contribution in [0.25, 0.3) is 5.69 Å². The van der Waals surface area contributed by atoms with E-state index in [1.807, 2.05) is 52.1 Å². The van der Waals surface area contributed by atoms with Crippen LogP contribution in [0.15, 0.2) is 85.2 Å². The number of halogens is 1. The Kier molecular flexibility index (Phi) is 6.57. The molecule has 1 fully saturated rings. The van der Waals surface area contributed by atoms with E-state index >= 15 is 0 Å². The number of hydrogen-bond acceptors (Lipinski definition) is 5. The molecule has 0 spiro atoms. The quantitative estimate of drug-likeness (QED) is 0.334. The number of ether oxygens (including phenoxy) is 1. The monoisotopic (exact) mass is 537 g/mol. The van der Waals surface area contributed by atoms with Gasteiger partial charge >= 0.3 is 0 Å². The Morgan fingerprint density at radius 3 is 2.49 bits per heavy atom. The summed E-state index contributed by atoms with van der Waals surface area (Å²) in [5, 5.41) is 3.84. The van der Waals surface area contributed by atoms with Gasteiger partial charge in [-0.1, -0.05) is 6.07 Å². The molecule has 2 N–H and O–H groups in total. The maximum Gasteiger partial charge on any atom is 0.229 e. The van der Waals surface area contributed by atoms with E-state index in [9.17, 15) is 12.8 Å². The SMILES string of the molecule is COc1ccc(N2C(=S)N[C@H](c3ccccn3)[C@@H]2c2cccn2-c2ccc(F)cc2)cc1NS(C)(=O)=O. The number of rotatable bonds is 7. The van der Waals surface area contributed by atoms with Crippen molar-refractivity contribution in [2.75, 3.05) is 23.0 Å². The summed E-state index contributed by atoms with van der Waals surface area (Å²) < 4.78 is 47.6. The summed E-state index contributed by atoms with van der Waals surface area (Å²) in [5.41, 5.74) is 3.39. The number of hydrogen-bond donors (Lipinski definition) is 2. The van der Waals surface area contributed by atoms with E-state index in [1.54, 1.807) is 30.5 Å². The topological polar surface area (TPSA) is 88.5 Å². The van der Waals surface area contributed by atoms with Crippen LogP contribution in [0.1, 0.15) is 23.5 Å². The number of sulfonamides is 1. The van der Waals surface area contributed by atoms with Gasteiger partial charge < -0.3 is 19.5 Å². The van der Waals surface area contributed by atoms with Gasteiger partial charge in [0, 0.05) is 29.5 Å². The van der Waals surface area contributed by atoms with Crippen LogP contribution in [0.2, 0.25) is 0 Å². The summed E-state index contributed by atoms with van der Waals surface area (Å²) in [4.78, 5) is 6.50. The summed E-state index contributed by atoms with van der Waals surface area (Å²) in [6.07, 6.45) is 4.71. The summed E-state index contributed by atoms with van der Waals surface area (Å²) in [6, 6.07) is 20.3. The van der Waals surface area contributed by atoms with Crippen molar-refractivity contribution >= 4 is 38.7 Å². The van der Waals surface area contributed by atoms with Crippen LogP contribution in [0.5, 0.6) is 5.75 Å². The molecule has 0 bridgehead atoms. The minimum Gasteiger partial charge on any atom is -0.495 e. The Hall–Kier alpha value is -3.96. The third kappa shape index (κ3) is 5.00. The normalized spacial score (nSPS) is 17.5. The Morgan fingerprint density at radius 1 is 1.05 bits per heavy atom. The summed E-state index contributed by atoms with van der Waals surface area (Å²) >= 11 is 5.80. The van der Waals surface area contributed by atoms with Crippen LogP contribution in [0, 0.1) is 5.82 Å². The molecule has 2 aromatic heterocycles. The zero-order valence-electron chi connectivity index (χ0n) is 20.0. The molecule has 2 atom stereocenters. The first-order valence-electron chi connectivity index (χ1n) is 11.3. The van der Waals surface area contributed by atoms with Gasteiger partial charge in [0.25, 0.3) is 0 Å². The van der Waals surface area contributed by atoms with Crippen LogP contribution >= 0.6 is 12.2 Å². The lowest BCUT2D eigenvalue weighted by molar-refractivity contribution is 0.417. The molecule has 0 aliphatic carbocycles. The molecule has 11 heteroatoms. The molecule has 5 rings (SSSR count). The molecule has 1 aliphatic heterocycles. The lowest BCUT2D eigenvalue weighted by Gasteiger charge is -2.29. The Balaban J connectivity index is 1.66. The Morgan fingerprint density at radius 2 is 1.81 bits per heavy atom. The molecule has 2 aromatic carbocycles. The first-order chi connectivity index (χ1) is 17.7. The summed E-state index contributed by atoms with van der Waals surface area (Å²) in [6.45, 7) is 0. The van der Waals surface area contributed by atoms with E-state index in [4.69, 9.17) is 17.0 Å². The lowest BCUT2D eigenvalue weighted by atomic mass is 10.0. The van der Waals surface area contributed by atoms with Crippen molar-refractivity contribution in [2.45, 2.75) is 12.1 Å². The zero-order chi connectivity index (χ0) is 26.2. The second-order valence-corrected chi connectivity index (χ2v) is 10.7. The maximum absolute atomic E-state index is 13.7. The van der Waals surface area contributed by atoms with E-state index < -0.39 is 10.0 Å². The van der Waals surface area contributed by atoms with Crippen LogP contribution in [0.3, 0.4) is 0 Å². The summed E-state index contributed by atoms with van der Waals surface area (Å²) in [5.74, 6) is 0.0538. The fourth-order valence-corrected chi connectivity index (χ4v) is 5.44. The van der Waals surface area contributed by atoms with Crippen LogP contribution in [-0.2, 0) is 10.0 Å². The molecule has 0 amide bonds. The van der Waals surface area contributed by atoms with Gasteiger partial charge in [-0.05, 0) is 78.9 Å². The minimum atomic E-state index is -3.56. The van der Waals surface area contributed by atoms with Crippen LogP contribution in [0.4, 0.5) is 15.8 Å². The smallest absolute Gasteiger partial charge is 0.229 e. The van der Waals surface area contributed by atoms with Crippen molar-refractivity contribution < 1.29 is 17.5 Å². The predicted octanol–water partition coefficient (Wildman–Crippen LogP) is 4.57. The highest BCUT2D eigenvalue weighted by Gasteiger charge is 2.42. The molecule has 1 aliphatic rings. The number of methoxy groups -OCH3 is 1. The number of pyridine rings is 1. The maximum atomic E-state index is 13.7. The van der Waals surface area contributed by atoms with Gasteiger partial charge in [-0.3, -0.25) is 9.71 Å². The number of benzene rings is 2. The molecule has 0 saturated carbocycles. The van der Waals surface area contributed by atoms with Gasteiger partial charge in [0.2, 0.25) is 10.0 Å². The van der Waals surface area contributed by atoms with Crippen LogP contribution in [-0.4, -0.2) is 36.4 Å². The minimum absolute atomic E-state index is 0.291. The van der Waals surface area contributed by atoms with Gasteiger partial charge in [0.1, 0.15) is 17.6 Å². The number of aromatic nitrogens is 2. The highest BCUT2D eigenvalue weighted by atomic mass is 32.2. The summed E-state index contributed by atoms with van der Waals surface area (Å²) in [7, 11) is -2.09. The first-order valence-corrected chi connectivity index (χ1v) is 13.6. The molecule has 0 unspecified atom stereocenters. The van der Waals surface area contributed by atoms with Gasteiger partial charge in [-0.15, -0.1) is 0 Å². The zero-order valence-corrected chi connectivity index (χ0v) is 21.6. The van der Waals surface area contributed by atoms with Gasteiger partial charge in [-0.25, -0.2) is 12.8 Å². The first kappa shape index (κ1) is 24.7. The number of thiocarbonyl (C=S) groups is 1. The Bertz CT molecular complexity index is 1540. The number of nitrogens with one attached hydrogen (secondary N) is 2. The molecule has 1 saturated heterocycles. The van der Waals surface area contributed by atoms with Crippen molar-refractivity contribution in [2.24, 2.45) is 0 Å². The highest BCUT2D eigenvalue weighted by Crippen LogP contribution is 2.43. The second-order valence-electron chi connectivity index (χ2n) is 8.53. The number of anilines is 2. The van der Waals surface area contributed by atoms with Crippen molar-refractivity contribution in [3.63, 3.8) is 0 Å². The van der Waals surface area contributed by atoms with Crippen LogP contribution < -0.4 is 19.7 Å². The van der Waals surface area contributed by atoms with E-state index in [0.29, 0.717) is 22.2 Å². The van der Waals surface area contributed by atoms with E-state index in [0.717, 1.165) is 23.3 Å². The van der Waals surface area contributed by atoms with E-state index in [1.165, 1.54) is 19.2 Å².